The minimum atomic E-state index is -0.823. The van der Waals surface area contributed by atoms with Crippen LogP contribution < -0.4 is 0 Å². The predicted molar refractivity (Wildman–Crippen MR) is 142 cm³/mol. The molecule has 1 saturated heterocycles. The fourth-order valence-electron chi connectivity index (χ4n) is 5.04. The van der Waals surface area contributed by atoms with Crippen LogP contribution in [0.15, 0.2) is 72.8 Å². The lowest BCUT2D eigenvalue weighted by atomic mass is 9.91. The lowest BCUT2D eigenvalue weighted by molar-refractivity contribution is 0.507. The van der Waals surface area contributed by atoms with Crippen molar-refractivity contribution in [3.05, 3.63) is 107 Å². The fourth-order valence-corrected chi connectivity index (χ4v) is 7.87. The maximum absolute atomic E-state index is 15.1. The molecule has 1 heterocycles. The van der Waals surface area contributed by atoms with E-state index in [1.54, 1.807) is 12.1 Å². The second-order valence-electron chi connectivity index (χ2n) is 9.63. The monoisotopic (exact) mass is 491 g/mol. The van der Waals surface area contributed by atoms with Gasteiger partial charge >= 0.3 is 0 Å². The van der Waals surface area contributed by atoms with Crippen LogP contribution in [0.3, 0.4) is 0 Å². The molecule has 0 bridgehead atoms. The van der Waals surface area contributed by atoms with E-state index in [0.717, 1.165) is 28.7 Å². The first kappa shape index (κ1) is 25.5. The second-order valence-corrected chi connectivity index (χ2v) is 12.6. The predicted octanol–water partition coefficient (Wildman–Crippen LogP) is 9.28. The first-order chi connectivity index (χ1) is 17.0. The molecule has 35 heavy (non-hydrogen) atoms. The average Bonchev–Trinajstić information content (AvgIpc) is 2.88. The number of halogens is 3. The SMILES string of the molecule is CC/C=C/CC[Si]1CCC(c2ccc(-c3ccc(CCc4ccc(F)c(F)c4)cc3)c(F)c2)CC1. The first-order valence-corrected chi connectivity index (χ1v) is 15.0. The largest absolute Gasteiger partial charge is 0.206 e. The molecule has 3 aromatic carbocycles. The summed E-state index contributed by atoms with van der Waals surface area (Å²) in [4.78, 5) is 0. The Hall–Kier alpha value is -2.59. The molecule has 0 spiro atoms. The molecule has 0 atom stereocenters. The lowest BCUT2D eigenvalue weighted by Gasteiger charge is -2.27. The Labute approximate surface area is 209 Å². The zero-order chi connectivity index (χ0) is 24.6. The van der Waals surface area contributed by atoms with Gasteiger partial charge in [-0.2, -0.15) is 0 Å². The van der Waals surface area contributed by atoms with Gasteiger partial charge in [0, 0.05) is 14.4 Å². The van der Waals surface area contributed by atoms with Gasteiger partial charge in [-0.15, -0.1) is 0 Å². The highest BCUT2D eigenvalue weighted by Crippen LogP contribution is 2.36. The minimum absolute atomic E-state index is 0.155. The Morgan fingerprint density at radius 3 is 2.17 bits per heavy atom. The van der Waals surface area contributed by atoms with Crippen LogP contribution in [0.4, 0.5) is 13.2 Å². The molecule has 0 aliphatic carbocycles. The van der Waals surface area contributed by atoms with Gasteiger partial charge in [-0.1, -0.05) is 79.7 Å². The molecule has 1 radical (unpaired) electrons. The van der Waals surface area contributed by atoms with Crippen LogP contribution >= 0.6 is 0 Å². The van der Waals surface area contributed by atoms with Crippen molar-refractivity contribution in [2.75, 3.05) is 0 Å². The van der Waals surface area contributed by atoms with Crippen molar-refractivity contribution < 1.29 is 13.2 Å². The molecule has 0 nitrogen and oxygen atoms in total. The van der Waals surface area contributed by atoms with Gasteiger partial charge in [-0.05, 0) is 84.9 Å². The van der Waals surface area contributed by atoms with Gasteiger partial charge in [0.2, 0.25) is 0 Å². The number of rotatable bonds is 9. The van der Waals surface area contributed by atoms with Crippen LogP contribution in [0.2, 0.25) is 18.1 Å². The molecule has 0 saturated carbocycles. The van der Waals surface area contributed by atoms with E-state index in [1.807, 2.05) is 30.3 Å². The molecule has 0 N–H and O–H groups in total. The Kier molecular flexibility index (Phi) is 9.03. The van der Waals surface area contributed by atoms with Crippen molar-refractivity contribution in [3.8, 4) is 11.1 Å². The second kappa shape index (κ2) is 12.4. The van der Waals surface area contributed by atoms with Crippen LogP contribution in [0.5, 0.6) is 0 Å². The summed E-state index contributed by atoms with van der Waals surface area (Å²) in [6.45, 7) is 2.18. The normalized spacial score (nSPS) is 15.2. The van der Waals surface area contributed by atoms with Crippen molar-refractivity contribution >= 4 is 8.80 Å². The van der Waals surface area contributed by atoms with Gasteiger partial charge in [0.15, 0.2) is 11.6 Å². The van der Waals surface area contributed by atoms with E-state index < -0.39 is 11.6 Å². The van der Waals surface area contributed by atoms with Gasteiger partial charge in [0.05, 0.1) is 0 Å². The smallest absolute Gasteiger partial charge is 0.159 e. The number of hydrogen-bond donors (Lipinski definition) is 0. The highest BCUT2D eigenvalue weighted by atomic mass is 28.3. The third kappa shape index (κ3) is 6.97. The minimum Gasteiger partial charge on any atom is -0.206 e. The van der Waals surface area contributed by atoms with E-state index in [0.29, 0.717) is 24.3 Å². The molecule has 4 heteroatoms. The summed E-state index contributed by atoms with van der Waals surface area (Å²) in [6, 6.07) is 21.7. The number of benzene rings is 3. The topological polar surface area (TPSA) is 0 Å². The Bertz CT molecular complexity index is 1130. The molecular formula is C31H34F3Si. The molecule has 4 rings (SSSR count). The van der Waals surface area contributed by atoms with Crippen molar-refractivity contribution in [2.45, 2.75) is 69.5 Å². The summed E-state index contributed by atoms with van der Waals surface area (Å²) < 4.78 is 41.6. The Morgan fingerprint density at radius 1 is 0.771 bits per heavy atom. The summed E-state index contributed by atoms with van der Waals surface area (Å²) in [5, 5.41) is 0. The maximum Gasteiger partial charge on any atom is 0.159 e. The maximum atomic E-state index is 15.1. The van der Waals surface area contributed by atoms with E-state index in [-0.39, 0.29) is 14.6 Å². The molecule has 0 aromatic heterocycles. The van der Waals surface area contributed by atoms with Gasteiger partial charge in [0.25, 0.3) is 0 Å². The highest BCUT2D eigenvalue weighted by molar-refractivity contribution is 6.59. The van der Waals surface area contributed by atoms with E-state index in [4.69, 9.17) is 0 Å². The summed E-state index contributed by atoms with van der Waals surface area (Å²) in [7, 11) is -0.239. The highest BCUT2D eigenvalue weighted by Gasteiger charge is 2.23. The Morgan fingerprint density at radius 2 is 1.49 bits per heavy atom. The standard InChI is InChI=1S/C31H34F3Si/c1-2-3-4-5-18-35-19-16-25(17-20-35)27-13-14-28(30(33)22-27)26-11-8-23(9-12-26)6-7-24-10-15-29(32)31(34)21-24/h3-4,8-15,21-22,25H,2,5-7,16-20H2,1H3/b4-3+. The summed E-state index contributed by atoms with van der Waals surface area (Å²) in [5.41, 5.74) is 4.48. The quantitative estimate of drug-likeness (QED) is 0.207. The number of allylic oxidation sites excluding steroid dienone is 2. The molecule has 0 amide bonds. The summed E-state index contributed by atoms with van der Waals surface area (Å²) in [6.07, 6.45) is 10.7. The lowest BCUT2D eigenvalue weighted by Crippen LogP contribution is -2.20. The van der Waals surface area contributed by atoms with E-state index >= 15 is 4.39 Å². The van der Waals surface area contributed by atoms with Crippen molar-refractivity contribution in [1.82, 2.24) is 0 Å². The zero-order valence-electron chi connectivity index (χ0n) is 20.5. The average molecular weight is 492 g/mol. The molecule has 1 aliphatic rings. The van der Waals surface area contributed by atoms with E-state index in [9.17, 15) is 8.78 Å². The fraction of sp³-hybridized carbons (Fsp3) is 0.355. The molecule has 3 aromatic rings. The summed E-state index contributed by atoms with van der Waals surface area (Å²) in [5.74, 6) is -1.31. The zero-order valence-corrected chi connectivity index (χ0v) is 21.5. The molecule has 1 fully saturated rings. The van der Waals surface area contributed by atoms with Crippen LogP contribution in [-0.4, -0.2) is 8.80 Å². The number of hydrogen-bond acceptors (Lipinski definition) is 0. The van der Waals surface area contributed by atoms with Crippen molar-refractivity contribution in [1.29, 1.82) is 0 Å². The molecule has 0 unspecified atom stereocenters. The Balaban J connectivity index is 1.32. The third-order valence-corrected chi connectivity index (χ3v) is 10.2. The van der Waals surface area contributed by atoms with E-state index in [1.165, 1.54) is 49.5 Å². The molecule has 183 valence electrons. The number of aryl methyl sites for hydroxylation is 2. The van der Waals surface area contributed by atoms with Gasteiger partial charge < -0.3 is 0 Å². The third-order valence-electron chi connectivity index (χ3n) is 7.18. The van der Waals surface area contributed by atoms with Crippen LogP contribution in [0.1, 0.15) is 55.2 Å². The van der Waals surface area contributed by atoms with Crippen molar-refractivity contribution in [2.24, 2.45) is 0 Å². The van der Waals surface area contributed by atoms with E-state index in [2.05, 4.69) is 25.1 Å². The van der Waals surface area contributed by atoms with Gasteiger partial charge in [-0.3, -0.25) is 0 Å². The van der Waals surface area contributed by atoms with Crippen LogP contribution in [-0.2, 0) is 12.8 Å². The first-order valence-electron chi connectivity index (χ1n) is 12.8. The summed E-state index contributed by atoms with van der Waals surface area (Å²) >= 11 is 0. The molecule has 1 aliphatic heterocycles. The van der Waals surface area contributed by atoms with Gasteiger partial charge in [0.1, 0.15) is 5.82 Å². The van der Waals surface area contributed by atoms with Crippen LogP contribution in [0, 0.1) is 17.5 Å². The van der Waals surface area contributed by atoms with Crippen LogP contribution in [0.25, 0.3) is 11.1 Å². The van der Waals surface area contributed by atoms with Gasteiger partial charge in [-0.25, -0.2) is 13.2 Å². The molecular weight excluding hydrogens is 457 g/mol. The van der Waals surface area contributed by atoms with Crippen molar-refractivity contribution in [3.63, 3.8) is 0 Å².